The van der Waals surface area contributed by atoms with Crippen LogP contribution in [0.2, 0.25) is 0 Å². The maximum absolute atomic E-state index is 12.1. The summed E-state index contributed by atoms with van der Waals surface area (Å²) in [6, 6.07) is 0.309. The van der Waals surface area contributed by atoms with Crippen molar-refractivity contribution in [3.05, 3.63) is 0 Å². The van der Waals surface area contributed by atoms with Crippen molar-refractivity contribution in [3.8, 4) is 0 Å². The van der Waals surface area contributed by atoms with E-state index in [0.717, 1.165) is 38.6 Å². The smallest absolute Gasteiger partial charge is 0.153 e. The molecule has 1 saturated carbocycles. The van der Waals surface area contributed by atoms with Crippen LogP contribution in [0.25, 0.3) is 0 Å². The molecule has 4 heteroatoms. The Kier molecular flexibility index (Phi) is 5.76. The molecular weight excluding hydrogens is 222 g/mol. The minimum Gasteiger partial charge on any atom is -0.314 e. The number of hydrogen-bond donors (Lipinski definition) is 1. The van der Waals surface area contributed by atoms with Crippen molar-refractivity contribution in [2.75, 3.05) is 12.3 Å². The second-order valence-corrected chi connectivity index (χ2v) is 7.28. The largest absolute Gasteiger partial charge is 0.314 e. The van der Waals surface area contributed by atoms with Crippen molar-refractivity contribution < 1.29 is 8.42 Å². The Hall–Kier alpha value is -0.0900. The van der Waals surface area contributed by atoms with Crippen LogP contribution in [0.1, 0.15) is 52.4 Å². The third-order valence-corrected chi connectivity index (χ3v) is 5.74. The predicted molar refractivity (Wildman–Crippen MR) is 68.4 cm³/mol. The van der Waals surface area contributed by atoms with Gasteiger partial charge in [0.05, 0.1) is 11.0 Å². The van der Waals surface area contributed by atoms with Crippen LogP contribution in [0.3, 0.4) is 0 Å². The molecule has 0 bridgehead atoms. The molecule has 96 valence electrons. The average Bonchev–Trinajstić information content (AvgIpc) is 2.28. The van der Waals surface area contributed by atoms with Gasteiger partial charge in [-0.3, -0.25) is 0 Å². The highest BCUT2D eigenvalue weighted by Gasteiger charge is 2.26. The molecule has 3 nitrogen and oxygen atoms in total. The number of sulfone groups is 1. The van der Waals surface area contributed by atoms with Gasteiger partial charge in [0.25, 0.3) is 0 Å². The fourth-order valence-corrected chi connectivity index (χ4v) is 4.45. The summed E-state index contributed by atoms with van der Waals surface area (Å²) in [7, 11) is -2.84. The van der Waals surface area contributed by atoms with Crippen LogP contribution < -0.4 is 5.32 Å². The zero-order valence-corrected chi connectivity index (χ0v) is 11.4. The van der Waals surface area contributed by atoms with Crippen molar-refractivity contribution in [1.82, 2.24) is 5.32 Å². The fraction of sp³-hybridized carbons (Fsp3) is 1.00. The molecule has 0 aromatic heterocycles. The first kappa shape index (κ1) is 14.0. The Morgan fingerprint density at radius 3 is 2.44 bits per heavy atom. The third kappa shape index (κ3) is 4.42. The Morgan fingerprint density at radius 1 is 1.25 bits per heavy atom. The lowest BCUT2D eigenvalue weighted by molar-refractivity contribution is 0.478. The summed E-state index contributed by atoms with van der Waals surface area (Å²) in [4.78, 5) is 0. The minimum absolute atomic E-state index is 0.0462. The van der Waals surface area contributed by atoms with Gasteiger partial charge in [0.2, 0.25) is 0 Å². The third-order valence-electron chi connectivity index (χ3n) is 3.45. The lowest BCUT2D eigenvalue weighted by Crippen LogP contribution is -2.32. The highest BCUT2D eigenvalue weighted by Crippen LogP contribution is 2.24. The molecule has 0 radical (unpaired) electrons. The van der Waals surface area contributed by atoms with Gasteiger partial charge in [-0.1, -0.05) is 26.2 Å². The normalized spacial score (nSPS) is 20.9. The van der Waals surface area contributed by atoms with Crippen LogP contribution in [-0.2, 0) is 9.84 Å². The first-order valence-electron chi connectivity index (χ1n) is 6.51. The SMILES string of the molecule is CCNC(C)CCS(=O)(=O)C1CCCCC1. The van der Waals surface area contributed by atoms with Crippen molar-refractivity contribution >= 4 is 9.84 Å². The molecule has 16 heavy (non-hydrogen) atoms. The van der Waals surface area contributed by atoms with Crippen molar-refractivity contribution in [2.45, 2.75) is 63.7 Å². The molecule has 1 atom stereocenters. The molecule has 0 aliphatic heterocycles. The molecule has 1 rings (SSSR count). The zero-order valence-electron chi connectivity index (χ0n) is 10.5. The summed E-state index contributed by atoms with van der Waals surface area (Å²) in [6.07, 6.45) is 5.90. The van der Waals surface area contributed by atoms with Gasteiger partial charge in [-0.2, -0.15) is 0 Å². The number of rotatable bonds is 6. The van der Waals surface area contributed by atoms with Gasteiger partial charge in [0.15, 0.2) is 9.84 Å². The molecule has 0 amide bonds. The van der Waals surface area contributed by atoms with E-state index < -0.39 is 9.84 Å². The lowest BCUT2D eigenvalue weighted by atomic mass is 10.0. The molecule has 0 spiro atoms. The molecule has 0 saturated heterocycles. The van der Waals surface area contributed by atoms with Crippen LogP contribution in [0, 0.1) is 0 Å². The second-order valence-electron chi connectivity index (χ2n) is 4.87. The van der Waals surface area contributed by atoms with E-state index in [-0.39, 0.29) is 5.25 Å². The van der Waals surface area contributed by atoms with E-state index in [4.69, 9.17) is 0 Å². The summed E-state index contributed by atoms with van der Waals surface area (Å²) >= 11 is 0. The Labute approximate surface area is 99.9 Å². The van der Waals surface area contributed by atoms with E-state index in [2.05, 4.69) is 12.2 Å². The van der Waals surface area contributed by atoms with Crippen molar-refractivity contribution in [3.63, 3.8) is 0 Å². The Bertz CT molecular complexity index is 281. The van der Waals surface area contributed by atoms with Gasteiger partial charge in [-0.05, 0) is 32.7 Å². The van der Waals surface area contributed by atoms with Gasteiger partial charge in [0, 0.05) is 6.04 Å². The summed E-state index contributed by atoms with van der Waals surface area (Å²) in [6.45, 7) is 5.01. The second kappa shape index (κ2) is 6.60. The van der Waals surface area contributed by atoms with Crippen LogP contribution >= 0.6 is 0 Å². The molecule has 0 aromatic rings. The molecule has 0 heterocycles. The molecule has 1 aliphatic rings. The first-order valence-corrected chi connectivity index (χ1v) is 8.22. The van der Waals surface area contributed by atoms with Gasteiger partial charge in [-0.15, -0.1) is 0 Å². The molecule has 1 N–H and O–H groups in total. The van der Waals surface area contributed by atoms with Gasteiger partial charge < -0.3 is 5.32 Å². The van der Waals surface area contributed by atoms with Crippen molar-refractivity contribution in [2.24, 2.45) is 0 Å². The topological polar surface area (TPSA) is 46.2 Å². The summed E-state index contributed by atoms with van der Waals surface area (Å²) in [5.41, 5.74) is 0. The van der Waals surface area contributed by atoms with Crippen LogP contribution in [0.15, 0.2) is 0 Å². The van der Waals surface area contributed by atoms with Crippen LogP contribution in [-0.4, -0.2) is 32.0 Å². The summed E-state index contributed by atoms with van der Waals surface area (Å²) in [5, 5.41) is 3.21. The van der Waals surface area contributed by atoms with E-state index in [1.54, 1.807) is 0 Å². The number of hydrogen-bond acceptors (Lipinski definition) is 3. The van der Waals surface area contributed by atoms with Gasteiger partial charge in [-0.25, -0.2) is 8.42 Å². The standard InChI is InChI=1S/C12H25NO2S/c1-3-13-11(2)9-10-16(14,15)12-7-5-4-6-8-12/h11-13H,3-10H2,1-2H3. The Balaban J connectivity index is 2.38. The summed E-state index contributed by atoms with van der Waals surface area (Å²) in [5.74, 6) is 0.353. The Morgan fingerprint density at radius 2 is 1.88 bits per heavy atom. The van der Waals surface area contributed by atoms with E-state index in [9.17, 15) is 8.42 Å². The zero-order chi connectivity index (χ0) is 12.0. The number of nitrogens with one attached hydrogen (secondary N) is 1. The molecule has 0 aromatic carbocycles. The highest BCUT2D eigenvalue weighted by molar-refractivity contribution is 7.92. The molecule has 1 unspecified atom stereocenters. The predicted octanol–water partition coefficient (Wildman–Crippen LogP) is 2.12. The molecular formula is C12H25NO2S. The lowest BCUT2D eigenvalue weighted by Gasteiger charge is -2.22. The minimum atomic E-state index is -2.84. The molecule has 1 fully saturated rings. The van der Waals surface area contributed by atoms with E-state index in [1.807, 2.05) is 6.92 Å². The van der Waals surface area contributed by atoms with Crippen LogP contribution in [0.4, 0.5) is 0 Å². The first-order chi connectivity index (χ1) is 7.56. The van der Waals surface area contributed by atoms with E-state index >= 15 is 0 Å². The monoisotopic (exact) mass is 247 g/mol. The van der Waals surface area contributed by atoms with E-state index in [0.29, 0.717) is 11.8 Å². The maximum atomic E-state index is 12.1. The van der Waals surface area contributed by atoms with Gasteiger partial charge >= 0.3 is 0 Å². The highest BCUT2D eigenvalue weighted by atomic mass is 32.2. The maximum Gasteiger partial charge on any atom is 0.153 e. The van der Waals surface area contributed by atoms with E-state index in [1.165, 1.54) is 6.42 Å². The average molecular weight is 247 g/mol. The summed E-state index contributed by atoms with van der Waals surface area (Å²) < 4.78 is 24.1. The van der Waals surface area contributed by atoms with Crippen molar-refractivity contribution in [1.29, 1.82) is 0 Å². The van der Waals surface area contributed by atoms with Crippen LogP contribution in [0.5, 0.6) is 0 Å². The van der Waals surface area contributed by atoms with Gasteiger partial charge in [0.1, 0.15) is 0 Å². The quantitative estimate of drug-likeness (QED) is 0.782. The molecule has 1 aliphatic carbocycles. The fourth-order valence-electron chi connectivity index (χ4n) is 2.38.